The third-order valence-electron chi connectivity index (χ3n) is 4.79. The zero-order valence-corrected chi connectivity index (χ0v) is 18.6. The number of rotatable bonds is 14. The normalized spacial score (nSPS) is 15.6. The zero-order chi connectivity index (χ0) is 25.2. The lowest BCUT2D eigenvalue weighted by atomic mass is 9.97. The molecule has 0 radical (unpaired) electrons. The minimum Gasteiger partial charge on any atom is -0.481 e. The van der Waals surface area contributed by atoms with Gasteiger partial charge in [-0.25, -0.2) is 4.79 Å². The van der Waals surface area contributed by atoms with Gasteiger partial charge in [-0.3, -0.25) is 24.0 Å². The van der Waals surface area contributed by atoms with E-state index in [1.807, 2.05) is 0 Å². The molecule has 0 fully saturated rings. The first-order valence-electron chi connectivity index (χ1n) is 10.1. The molecule has 13 nitrogen and oxygen atoms in total. The Bertz CT molecular complexity index is 727. The minimum absolute atomic E-state index is 0.424. The lowest BCUT2D eigenvalue weighted by molar-refractivity contribution is -0.144. The zero-order valence-electron chi connectivity index (χ0n) is 18.6. The van der Waals surface area contributed by atoms with E-state index in [2.05, 4.69) is 16.0 Å². The smallest absolute Gasteiger partial charge is 0.326 e. The topological polar surface area (TPSA) is 231 Å². The van der Waals surface area contributed by atoms with Gasteiger partial charge in [-0.2, -0.15) is 0 Å². The molecular weight excluding hydrogens is 426 g/mol. The maximum absolute atomic E-state index is 12.8. The highest BCUT2D eigenvalue weighted by molar-refractivity contribution is 5.96. The quantitative estimate of drug-likeness (QED) is 0.151. The van der Waals surface area contributed by atoms with Crippen LogP contribution in [-0.4, -0.2) is 69.9 Å². The van der Waals surface area contributed by atoms with Crippen LogP contribution in [0.4, 0.5) is 0 Å². The average molecular weight is 460 g/mol. The van der Waals surface area contributed by atoms with E-state index in [1.54, 1.807) is 27.7 Å². The molecule has 0 saturated heterocycles. The predicted octanol–water partition coefficient (Wildman–Crippen LogP) is -2.10. The van der Waals surface area contributed by atoms with Crippen LogP contribution in [0.15, 0.2) is 0 Å². The van der Waals surface area contributed by atoms with Crippen molar-refractivity contribution in [2.24, 2.45) is 23.3 Å². The SMILES string of the molecule is CCC(C)C(NC(=O)C(N)CC(N)=O)C(=O)NC(CC(=O)O)C(=O)NC(C(=O)O)C(C)C. The fourth-order valence-electron chi connectivity index (χ4n) is 2.68. The number of hydrogen-bond acceptors (Lipinski definition) is 7. The molecule has 0 aromatic rings. The summed E-state index contributed by atoms with van der Waals surface area (Å²) in [6.45, 7) is 6.47. The van der Waals surface area contributed by atoms with E-state index in [-0.39, 0.29) is 0 Å². The second kappa shape index (κ2) is 13.2. The second-order valence-corrected chi connectivity index (χ2v) is 7.88. The summed E-state index contributed by atoms with van der Waals surface area (Å²) in [4.78, 5) is 71.1. The van der Waals surface area contributed by atoms with Gasteiger partial charge in [-0.1, -0.05) is 34.1 Å². The van der Waals surface area contributed by atoms with Crippen LogP contribution in [-0.2, 0) is 28.8 Å². The van der Waals surface area contributed by atoms with Gasteiger partial charge in [0.25, 0.3) is 0 Å². The molecule has 0 aliphatic carbocycles. The van der Waals surface area contributed by atoms with E-state index in [1.165, 1.54) is 0 Å². The molecule has 0 aliphatic rings. The molecule has 0 saturated carbocycles. The third kappa shape index (κ3) is 9.73. The van der Waals surface area contributed by atoms with Gasteiger partial charge in [0.15, 0.2) is 0 Å². The highest BCUT2D eigenvalue weighted by atomic mass is 16.4. The molecular formula is C19H33N5O8. The number of nitrogens with one attached hydrogen (secondary N) is 3. The minimum atomic E-state index is -1.59. The molecule has 0 rings (SSSR count). The van der Waals surface area contributed by atoms with Gasteiger partial charge in [-0.05, 0) is 11.8 Å². The van der Waals surface area contributed by atoms with Gasteiger partial charge in [0.2, 0.25) is 23.6 Å². The summed E-state index contributed by atoms with van der Waals surface area (Å²) in [5.41, 5.74) is 10.6. The molecule has 32 heavy (non-hydrogen) atoms. The molecule has 182 valence electrons. The summed E-state index contributed by atoms with van der Waals surface area (Å²) >= 11 is 0. The number of carbonyl (C=O) groups excluding carboxylic acids is 4. The van der Waals surface area contributed by atoms with E-state index in [4.69, 9.17) is 16.6 Å². The summed E-state index contributed by atoms with van der Waals surface area (Å²) in [6.07, 6.45) is -0.839. The predicted molar refractivity (Wildman–Crippen MR) is 112 cm³/mol. The van der Waals surface area contributed by atoms with Crippen molar-refractivity contribution in [2.75, 3.05) is 0 Å². The summed E-state index contributed by atoms with van der Waals surface area (Å²) < 4.78 is 0. The highest BCUT2D eigenvalue weighted by Gasteiger charge is 2.34. The van der Waals surface area contributed by atoms with Crippen LogP contribution < -0.4 is 27.4 Å². The number of carbonyl (C=O) groups is 6. The molecule has 4 amide bonds. The average Bonchev–Trinajstić information content (AvgIpc) is 2.66. The number of aliphatic carboxylic acids is 2. The molecule has 0 aromatic carbocycles. The number of primary amides is 1. The molecule has 0 heterocycles. The Kier molecular flexibility index (Phi) is 11.9. The third-order valence-corrected chi connectivity index (χ3v) is 4.79. The molecule has 5 atom stereocenters. The molecule has 13 heteroatoms. The van der Waals surface area contributed by atoms with Crippen LogP contribution in [0.2, 0.25) is 0 Å². The van der Waals surface area contributed by atoms with Gasteiger partial charge in [-0.15, -0.1) is 0 Å². The molecule has 0 spiro atoms. The van der Waals surface area contributed by atoms with Crippen LogP contribution in [0.3, 0.4) is 0 Å². The van der Waals surface area contributed by atoms with Crippen molar-refractivity contribution in [1.82, 2.24) is 16.0 Å². The molecule has 0 aliphatic heterocycles. The molecule has 9 N–H and O–H groups in total. The van der Waals surface area contributed by atoms with E-state index >= 15 is 0 Å². The number of nitrogens with two attached hydrogens (primary N) is 2. The Morgan fingerprint density at radius 3 is 1.75 bits per heavy atom. The van der Waals surface area contributed by atoms with Crippen molar-refractivity contribution in [1.29, 1.82) is 0 Å². The van der Waals surface area contributed by atoms with Crippen LogP contribution >= 0.6 is 0 Å². The van der Waals surface area contributed by atoms with Crippen molar-refractivity contribution >= 4 is 35.6 Å². The first-order chi connectivity index (χ1) is 14.7. The number of hydrogen-bond donors (Lipinski definition) is 7. The number of carboxylic acids is 2. The van der Waals surface area contributed by atoms with Crippen molar-refractivity contribution in [3.05, 3.63) is 0 Å². The van der Waals surface area contributed by atoms with Gasteiger partial charge >= 0.3 is 11.9 Å². The fourth-order valence-corrected chi connectivity index (χ4v) is 2.68. The van der Waals surface area contributed by atoms with Gasteiger partial charge in [0.1, 0.15) is 18.1 Å². The van der Waals surface area contributed by atoms with Crippen molar-refractivity contribution in [3.63, 3.8) is 0 Å². The highest BCUT2D eigenvalue weighted by Crippen LogP contribution is 2.10. The molecule has 5 unspecified atom stereocenters. The lowest BCUT2D eigenvalue weighted by Crippen LogP contribution is -2.59. The maximum atomic E-state index is 12.8. The van der Waals surface area contributed by atoms with E-state index in [0.29, 0.717) is 6.42 Å². The number of amides is 4. The Morgan fingerprint density at radius 1 is 0.812 bits per heavy atom. The summed E-state index contributed by atoms with van der Waals surface area (Å²) in [5.74, 6) is -7.18. The largest absolute Gasteiger partial charge is 0.481 e. The first kappa shape index (κ1) is 28.8. The fraction of sp³-hybridized carbons (Fsp3) is 0.684. The Labute approximate surface area is 185 Å². The van der Waals surface area contributed by atoms with Crippen LogP contribution in [0.25, 0.3) is 0 Å². The van der Waals surface area contributed by atoms with Crippen molar-refractivity contribution in [3.8, 4) is 0 Å². The van der Waals surface area contributed by atoms with E-state index in [9.17, 15) is 33.9 Å². The van der Waals surface area contributed by atoms with Crippen molar-refractivity contribution in [2.45, 2.75) is 71.1 Å². The van der Waals surface area contributed by atoms with Crippen LogP contribution in [0, 0.1) is 11.8 Å². The van der Waals surface area contributed by atoms with Gasteiger partial charge in [0.05, 0.1) is 18.9 Å². The number of carboxylic acid groups (broad SMARTS) is 2. The second-order valence-electron chi connectivity index (χ2n) is 7.88. The lowest BCUT2D eigenvalue weighted by Gasteiger charge is -2.27. The van der Waals surface area contributed by atoms with Crippen molar-refractivity contribution < 1.29 is 39.0 Å². The van der Waals surface area contributed by atoms with Crippen LogP contribution in [0.1, 0.15) is 47.0 Å². The molecule has 0 bridgehead atoms. The van der Waals surface area contributed by atoms with E-state index < -0.39 is 84.4 Å². The Hall–Kier alpha value is -3.22. The molecule has 0 aromatic heterocycles. The van der Waals surface area contributed by atoms with Crippen LogP contribution in [0.5, 0.6) is 0 Å². The van der Waals surface area contributed by atoms with E-state index in [0.717, 1.165) is 0 Å². The summed E-state index contributed by atoms with van der Waals surface area (Å²) in [7, 11) is 0. The monoisotopic (exact) mass is 459 g/mol. The Morgan fingerprint density at radius 2 is 1.34 bits per heavy atom. The standard InChI is InChI=1S/C19H33N5O8/c1-5-9(4)15(24-16(28)10(20)6-12(21)25)18(30)22-11(7-13(26)27)17(29)23-14(8(2)3)19(31)32/h8-11,14-15H,5-7,20H2,1-4H3,(H2,21,25)(H,22,30)(H,23,29)(H,24,28)(H,26,27)(H,31,32). The summed E-state index contributed by atoms with van der Waals surface area (Å²) in [6, 6.07) is -5.39. The van der Waals surface area contributed by atoms with Gasteiger partial charge in [0, 0.05) is 0 Å². The maximum Gasteiger partial charge on any atom is 0.326 e. The first-order valence-corrected chi connectivity index (χ1v) is 10.1. The van der Waals surface area contributed by atoms with Gasteiger partial charge < -0.3 is 37.6 Å². The Balaban J connectivity index is 5.59. The summed E-state index contributed by atoms with van der Waals surface area (Å²) in [5, 5.41) is 25.2.